The number of hydrogen-bond acceptors (Lipinski definition) is 1. The van der Waals surface area contributed by atoms with Crippen LogP contribution in [0.1, 0.15) is 27.7 Å². The van der Waals surface area contributed by atoms with Gasteiger partial charge in [0.15, 0.2) is 0 Å². The molecule has 0 bridgehead atoms. The minimum Gasteiger partial charge on any atom is -0.668 e. The first-order valence-corrected chi connectivity index (χ1v) is 3.72. The van der Waals surface area contributed by atoms with Crippen molar-refractivity contribution in [2.75, 3.05) is 0 Å². The smallest absolute Gasteiger partial charge is 0.0524 e. The predicted octanol–water partition coefficient (Wildman–Crippen LogP) is 2.49. The second-order valence-electron chi connectivity index (χ2n) is 3.38. The molecular weight excluding hydrogens is 185 g/mol. The number of nitrogens with one attached hydrogen (secondary N) is 1. The first-order valence-electron chi connectivity index (χ1n) is 3.72. The molecule has 0 rings (SSSR count). The summed E-state index contributed by atoms with van der Waals surface area (Å²) in [4.78, 5) is 10.7. The zero-order valence-electron chi connectivity index (χ0n) is 7.46. The Balaban J connectivity index is 0. The number of rotatable bonds is 3. The van der Waals surface area contributed by atoms with E-state index in [9.17, 15) is 4.79 Å². The van der Waals surface area contributed by atoms with Gasteiger partial charge < -0.3 is 10.5 Å². The van der Waals surface area contributed by atoms with Gasteiger partial charge in [-0.25, -0.2) is 0 Å². The molecule has 0 saturated carbocycles. The van der Waals surface area contributed by atoms with Gasteiger partial charge in [-0.15, -0.1) is 0 Å². The minimum atomic E-state index is -0.426. The zero-order valence-corrected chi connectivity index (χ0v) is 8.44. The maximum absolute atomic E-state index is 10.7. The van der Waals surface area contributed by atoms with Crippen molar-refractivity contribution in [3.63, 3.8) is 0 Å². The molecule has 0 radical (unpaired) electrons. The SMILES string of the molecule is CC(C)C(C([NH-])=O)C(C)C.[Ni]. The van der Waals surface area contributed by atoms with Crippen LogP contribution in [0, 0.1) is 17.8 Å². The van der Waals surface area contributed by atoms with Crippen molar-refractivity contribution >= 4 is 5.91 Å². The third-order valence-corrected chi connectivity index (χ3v) is 1.74. The van der Waals surface area contributed by atoms with E-state index in [0.717, 1.165) is 0 Å². The summed E-state index contributed by atoms with van der Waals surface area (Å²) in [6.07, 6.45) is 0. The van der Waals surface area contributed by atoms with Crippen molar-refractivity contribution in [3.05, 3.63) is 5.73 Å². The second-order valence-corrected chi connectivity index (χ2v) is 3.38. The molecule has 0 spiro atoms. The first kappa shape index (κ1) is 13.5. The molecule has 0 aromatic rings. The summed E-state index contributed by atoms with van der Waals surface area (Å²) in [6, 6.07) is 0. The van der Waals surface area contributed by atoms with Crippen LogP contribution >= 0.6 is 0 Å². The zero-order chi connectivity index (χ0) is 8.31. The molecule has 0 saturated heterocycles. The van der Waals surface area contributed by atoms with Gasteiger partial charge in [-0.1, -0.05) is 27.7 Å². The number of hydrogen-bond donors (Lipinski definition) is 0. The topological polar surface area (TPSA) is 40.9 Å². The van der Waals surface area contributed by atoms with E-state index in [2.05, 4.69) is 0 Å². The summed E-state index contributed by atoms with van der Waals surface area (Å²) in [5.74, 6) is 0.0833. The van der Waals surface area contributed by atoms with E-state index >= 15 is 0 Å². The molecule has 0 fully saturated rings. The summed E-state index contributed by atoms with van der Waals surface area (Å²) >= 11 is 0. The Morgan fingerprint density at radius 3 is 1.36 bits per heavy atom. The molecule has 70 valence electrons. The quantitative estimate of drug-likeness (QED) is 0.646. The van der Waals surface area contributed by atoms with Crippen molar-refractivity contribution < 1.29 is 21.3 Å². The molecule has 0 aromatic carbocycles. The maximum atomic E-state index is 10.7. The molecule has 0 unspecified atom stereocenters. The third-order valence-electron chi connectivity index (χ3n) is 1.74. The molecule has 0 aliphatic carbocycles. The Morgan fingerprint density at radius 1 is 1.09 bits per heavy atom. The first-order chi connectivity index (χ1) is 4.46. The van der Waals surface area contributed by atoms with Crippen LogP contribution in [-0.4, -0.2) is 5.91 Å². The normalized spacial score (nSPS) is 10.5. The average molecular weight is 201 g/mol. The Labute approximate surface area is 78.8 Å². The van der Waals surface area contributed by atoms with Gasteiger partial charge >= 0.3 is 0 Å². The van der Waals surface area contributed by atoms with Gasteiger partial charge in [0.1, 0.15) is 0 Å². The van der Waals surface area contributed by atoms with E-state index < -0.39 is 5.91 Å². The van der Waals surface area contributed by atoms with Crippen LogP contribution in [0.15, 0.2) is 0 Å². The van der Waals surface area contributed by atoms with Crippen molar-refractivity contribution in [1.29, 1.82) is 0 Å². The van der Waals surface area contributed by atoms with Crippen LogP contribution in [0.5, 0.6) is 0 Å². The van der Waals surface area contributed by atoms with Crippen LogP contribution in [0.25, 0.3) is 5.73 Å². The van der Waals surface area contributed by atoms with E-state index in [4.69, 9.17) is 5.73 Å². The summed E-state index contributed by atoms with van der Waals surface area (Å²) in [7, 11) is 0. The molecule has 0 aromatic heterocycles. The van der Waals surface area contributed by atoms with Crippen molar-refractivity contribution in [2.45, 2.75) is 27.7 Å². The molecule has 1 N–H and O–H groups in total. The van der Waals surface area contributed by atoms with Gasteiger partial charge in [0.2, 0.25) is 0 Å². The molecular formula is C8H16NNiO-. The van der Waals surface area contributed by atoms with Gasteiger partial charge in [-0.2, -0.15) is 0 Å². The number of carbonyl (C=O) groups excluding carboxylic acids is 1. The Bertz CT molecular complexity index is 115. The van der Waals surface area contributed by atoms with Gasteiger partial charge in [-0.05, 0) is 11.8 Å². The molecule has 3 heteroatoms. The summed E-state index contributed by atoms with van der Waals surface area (Å²) < 4.78 is 0. The molecule has 1 amide bonds. The van der Waals surface area contributed by atoms with Gasteiger partial charge in [0.05, 0.1) is 5.91 Å². The van der Waals surface area contributed by atoms with Gasteiger partial charge in [0, 0.05) is 22.4 Å². The number of amides is 1. The van der Waals surface area contributed by atoms with Gasteiger partial charge in [0.25, 0.3) is 0 Å². The van der Waals surface area contributed by atoms with Crippen LogP contribution < -0.4 is 0 Å². The summed E-state index contributed by atoms with van der Waals surface area (Å²) in [5.41, 5.74) is 6.96. The molecule has 11 heavy (non-hydrogen) atoms. The molecule has 0 aliphatic heterocycles. The predicted molar refractivity (Wildman–Crippen MR) is 42.5 cm³/mol. The number of carbonyl (C=O) groups is 1. The Kier molecular flexibility index (Phi) is 6.89. The second kappa shape index (κ2) is 5.59. The van der Waals surface area contributed by atoms with Crippen molar-refractivity contribution in [3.8, 4) is 0 Å². The molecule has 0 aliphatic rings. The summed E-state index contributed by atoms with van der Waals surface area (Å²) in [5, 5.41) is 0. The van der Waals surface area contributed by atoms with Crippen LogP contribution in [-0.2, 0) is 21.3 Å². The summed E-state index contributed by atoms with van der Waals surface area (Å²) in [6.45, 7) is 7.93. The fourth-order valence-electron chi connectivity index (χ4n) is 1.38. The van der Waals surface area contributed by atoms with Crippen molar-refractivity contribution in [2.24, 2.45) is 17.8 Å². The Morgan fingerprint density at radius 2 is 1.36 bits per heavy atom. The Hall–Kier alpha value is -0.0365. The molecule has 0 atom stereocenters. The molecule has 0 heterocycles. The van der Waals surface area contributed by atoms with Crippen LogP contribution in [0.2, 0.25) is 0 Å². The fraction of sp³-hybridized carbons (Fsp3) is 0.875. The maximum Gasteiger partial charge on any atom is 0.0524 e. The van der Waals surface area contributed by atoms with E-state index in [1.165, 1.54) is 0 Å². The van der Waals surface area contributed by atoms with Crippen LogP contribution in [0.4, 0.5) is 0 Å². The monoisotopic (exact) mass is 200 g/mol. The van der Waals surface area contributed by atoms with E-state index in [1.807, 2.05) is 27.7 Å². The van der Waals surface area contributed by atoms with Crippen molar-refractivity contribution in [1.82, 2.24) is 0 Å². The fourth-order valence-corrected chi connectivity index (χ4v) is 1.38. The van der Waals surface area contributed by atoms with E-state index in [-0.39, 0.29) is 22.4 Å². The standard InChI is InChI=1S/C8H17NO.Ni/c1-5(2)7(6(3)4)8(9)10;/h5-7H,1-4H3,(H2,9,10);/p-1. The van der Waals surface area contributed by atoms with E-state index in [0.29, 0.717) is 11.8 Å². The van der Waals surface area contributed by atoms with Gasteiger partial charge in [-0.3, -0.25) is 0 Å². The van der Waals surface area contributed by atoms with Crippen LogP contribution in [0.3, 0.4) is 0 Å². The van der Waals surface area contributed by atoms with E-state index in [1.54, 1.807) is 0 Å². The molecule has 2 nitrogen and oxygen atoms in total. The third kappa shape index (κ3) is 4.41. The largest absolute Gasteiger partial charge is 0.668 e. The average Bonchev–Trinajstić information content (AvgIpc) is 1.59. The minimum absolute atomic E-state index is 0.